The van der Waals surface area contributed by atoms with Gasteiger partial charge in [-0.1, -0.05) is 41.7 Å². The molecule has 0 radical (unpaired) electrons. The fraction of sp³-hybridized carbons (Fsp3) is 0.190. The van der Waals surface area contributed by atoms with E-state index in [1.54, 1.807) is 23.6 Å². The van der Waals surface area contributed by atoms with E-state index in [-0.39, 0.29) is 11.5 Å². The number of carbonyl (C=O) groups excluding carboxylic acids is 1. The van der Waals surface area contributed by atoms with Gasteiger partial charge in [-0.05, 0) is 42.8 Å². The lowest BCUT2D eigenvalue weighted by molar-refractivity contribution is 0.0526. The van der Waals surface area contributed by atoms with Gasteiger partial charge >= 0.3 is 5.97 Å². The second-order valence-corrected chi connectivity index (χ2v) is 7.29. The summed E-state index contributed by atoms with van der Waals surface area (Å²) < 4.78 is 7.36. The normalized spacial score (nSPS) is 13.8. The van der Waals surface area contributed by atoms with Crippen molar-refractivity contribution in [1.29, 1.82) is 0 Å². The predicted octanol–water partition coefficient (Wildman–Crippen LogP) is 1.97. The van der Waals surface area contributed by atoms with E-state index in [0.717, 1.165) is 16.1 Å². The lowest BCUT2D eigenvalue weighted by Crippen LogP contribution is -2.42. The molecule has 0 saturated heterocycles. The summed E-state index contributed by atoms with van der Waals surface area (Å²) in [5.74, 6) is -0.338. The van der Waals surface area contributed by atoms with Crippen molar-refractivity contribution in [3.8, 4) is 0 Å². The summed E-state index contributed by atoms with van der Waals surface area (Å²) >= 11 is 1.41. The number of anilines is 1. The van der Waals surface area contributed by atoms with Gasteiger partial charge in [0, 0.05) is 5.69 Å². The van der Waals surface area contributed by atoms with Crippen molar-refractivity contribution in [2.75, 3.05) is 18.2 Å². The van der Waals surface area contributed by atoms with Crippen LogP contribution in [0.25, 0.3) is 6.08 Å². The van der Waals surface area contributed by atoms with Crippen molar-refractivity contribution in [2.24, 2.45) is 4.99 Å². The van der Waals surface area contributed by atoms with Crippen molar-refractivity contribution in [3.05, 3.63) is 85.4 Å². The van der Waals surface area contributed by atoms with E-state index in [0.29, 0.717) is 30.0 Å². The van der Waals surface area contributed by atoms with Crippen molar-refractivity contribution in [2.45, 2.75) is 13.6 Å². The van der Waals surface area contributed by atoms with Crippen LogP contribution in [-0.2, 0) is 11.4 Å². The minimum Gasteiger partial charge on any atom is -0.462 e. The van der Waals surface area contributed by atoms with E-state index >= 15 is 0 Å². The molecule has 1 aliphatic rings. The Kier molecular flexibility index (Phi) is 5.08. The lowest BCUT2D eigenvalue weighted by atomic mass is 10.2. The third-order valence-corrected chi connectivity index (χ3v) is 5.46. The van der Waals surface area contributed by atoms with Crippen LogP contribution in [0.2, 0.25) is 0 Å². The Hall–Kier alpha value is -3.19. The summed E-state index contributed by atoms with van der Waals surface area (Å²) in [5.41, 5.74) is 2.35. The molecule has 0 fully saturated rings. The number of esters is 1. The van der Waals surface area contributed by atoms with Gasteiger partial charge < -0.3 is 9.64 Å². The number of aromatic nitrogens is 1. The van der Waals surface area contributed by atoms with Crippen molar-refractivity contribution < 1.29 is 9.53 Å². The number of benzene rings is 2. The van der Waals surface area contributed by atoms with Gasteiger partial charge in [-0.25, -0.2) is 9.79 Å². The van der Waals surface area contributed by atoms with Crippen LogP contribution < -0.4 is 19.8 Å². The molecule has 4 rings (SSSR count). The molecule has 0 bridgehead atoms. The average Bonchev–Trinajstić information content (AvgIpc) is 3.04. The van der Waals surface area contributed by atoms with Gasteiger partial charge in [0.25, 0.3) is 5.56 Å². The van der Waals surface area contributed by atoms with Crippen LogP contribution in [0.15, 0.2) is 64.4 Å². The highest BCUT2D eigenvalue weighted by Gasteiger charge is 2.16. The molecule has 0 saturated carbocycles. The van der Waals surface area contributed by atoms with E-state index in [2.05, 4.69) is 4.99 Å². The summed E-state index contributed by atoms with van der Waals surface area (Å²) in [5, 5.41) is 0. The zero-order valence-corrected chi connectivity index (χ0v) is 16.2. The fourth-order valence-corrected chi connectivity index (χ4v) is 3.96. The van der Waals surface area contributed by atoms with E-state index in [1.165, 1.54) is 11.3 Å². The topological polar surface area (TPSA) is 63.9 Å². The second kappa shape index (κ2) is 7.82. The molecular weight excluding hydrogens is 374 g/mol. The Morgan fingerprint density at radius 2 is 1.93 bits per heavy atom. The number of hydrogen-bond acceptors (Lipinski definition) is 6. The van der Waals surface area contributed by atoms with Crippen LogP contribution in [0.5, 0.6) is 0 Å². The minimum absolute atomic E-state index is 0.0413. The number of fused-ring (bicyclic) bond motifs is 1. The number of rotatable bonds is 4. The van der Waals surface area contributed by atoms with E-state index in [1.807, 2.05) is 53.4 Å². The minimum atomic E-state index is -0.338. The van der Waals surface area contributed by atoms with Gasteiger partial charge in [0.15, 0.2) is 4.80 Å². The second-order valence-electron chi connectivity index (χ2n) is 6.29. The maximum Gasteiger partial charge on any atom is 0.338 e. The molecule has 0 spiro atoms. The molecule has 0 aliphatic carbocycles. The maximum atomic E-state index is 12.8. The van der Waals surface area contributed by atoms with E-state index < -0.39 is 0 Å². The molecule has 28 heavy (non-hydrogen) atoms. The molecule has 0 unspecified atom stereocenters. The molecule has 3 aromatic rings. The van der Waals surface area contributed by atoms with Crippen LogP contribution in [0.4, 0.5) is 5.69 Å². The third kappa shape index (κ3) is 3.61. The van der Waals surface area contributed by atoms with Crippen molar-refractivity contribution in [3.63, 3.8) is 0 Å². The Bertz CT molecular complexity index is 1160. The molecular formula is C21H19N3O3S. The third-order valence-electron chi connectivity index (χ3n) is 4.42. The zero-order valence-electron chi connectivity index (χ0n) is 15.4. The van der Waals surface area contributed by atoms with Crippen LogP contribution in [-0.4, -0.2) is 23.8 Å². The lowest BCUT2D eigenvalue weighted by Gasteiger charge is -2.25. The summed E-state index contributed by atoms with van der Waals surface area (Å²) in [6.45, 7) is 3.01. The predicted molar refractivity (Wildman–Crippen MR) is 109 cm³/mol. The van der Waals surface area contributed by atoms with Crippen molar-refractivity contribution in [1.82, 2.24) is 4.57 Å². The average molecular weight is 393 g/mol. The fourth-order valence-electron chi connectivity index (χ4n) is 3.00. The number of ether oxygens (including phenoxy) is 1. The first kappa shape index (κ1) is 18.2. The molecule has 6 nitrogen and oxygen atoms in total. The molecule has 1 aromatic heterocycles. The molecule has 142 valence electrons. The molecule has 7 heteroatoms. The highest BCUT2D eigenvalue weighted by Crippen LogP contribution is 2.17. The molecule has 1 aliphatic heterocycles. The Balaban J connectivity index is 1.60. The highest BCUT2D eigenvalue weighted by molar-refractivity contribution is 7.07. The van der Waals surface area contributed by atoms with Gasteiger partial charge in [-0.3, -0.25) is 9.36 Å². The van der Waals surface area contributed by atoms with Gasteiger partial charge in [-0.2, -0.15) is 0 Å². The number of nitrogens with zero attached hydrogens (tertiary/aromatic N) is 3. The molecule has 0 amide bonds. The van der Waals surface area contributed by atoms with E-state index in [9.17, 15) is 9.59 Å². The van der Waals surface area contributed by atoms with Gasteiger partial charge in [-0.15, -0.1) is 0 Å². The number of carbonyl (C=O) groups is 1. The van der Waals surface area contributed by atoms with Crippen LogP contribution in [0, 0.1) is 0 Å². The molecule has 2 heterocycles. The highest BCUT2D eigenvalue weighted by atomic mass is 32.1. The molecule has 0 atom stereocenters. The Morgan fingerprint density at radius 3 is 2.64 bits per heavy atom. The summed E-state index contributed by atoms with van der Waals surface area (Å²) in [4.78, 5) is 31.9. The standard InChI is InChI=1S/C21H19N3O3S/c1-2-27-20(26)16-8-10-17(11-9-16)23-13-22-21-24(14-23)19(25)18(28-21)12-15-6-4-3-5-7-15/h3-12H,2,13-14H2,1H3. The van der Waals surface area contributed by atoms with Crippen LogP contribution >= 0.6 is 11.3 Å². The smallest absolute Gasteiger partial charge is 0.338 e. The van der Waals surface area contributed by atoms with Gasteiger partial charge in [0.05, 0.1) is 16.7 Å². The van der Waals surface area contributed by atoms with E-state index in [4.69, 9.17) is 4.74 Å². The van der Waals surface area contributed by atoms with Crippen molar-refractivity contribution >= 4 is 29.1 Å². The first-order chi connectivity index (χ1) is 13.7. The van der Waals surface area contributed by atoms with Gasteiger partial charge in [0.1, 0.15) is 13.3 Å². The van der Waals surface area contributed by atoms with Crippen LogP contribution in [0.1, 0.15) is 22.8 Å². The van der Waals surface area contributed by atoms with Gasteiger partial charge in [0.2, 0.25) is 0 Å². The summed E-state index contributed by atoms with van der Waals surface area (Å²) in [6.07, 6.45) is 1.90. The Morgan fingerprint density at radius 1 is 1.18 bits per heavy atom. The largest absolute Gasteiger partial charge is 0.462 e. The number of hydrogen-bond donors (Lipinski definition) is 0. The maximum absolute atomic E-state index is 12.8. The monoisotopic (exact) mass is 393 g/mol. The summed E-state index contributed by atoms with van der Waals surface area (Å²) in [6, 6.07) is 16.9. The quantitative estimate of drug-likeness (QED) is 0.636. The Labute approximate surface area is 165 Å². The SMILES string of the molecule is CCOC(=O)c1ccc(N2CN=c3sc(=Cc4ccccc4)c(=O)n3C2)cc1. The molecule has 2 aromatic carbocycles. The zero-order chi connectivity index (χ0) is 19.5. The number of thiazole rings is 1. The first-order valence-corrected chi connectivity index (χ1v) is 9.80. The van der Waals surface area contributed by atoms with Crippen LogP contribution in [0.3, 0.4) is 0 Å². The summed E-state index contributed by atoms with van der Waals surface area (Å²) in [7, 11) is 0. The molecule has 0 N–H and O–H groups in total. The first-order valence-electron chi connectivity index (χ1n) is 8.99.